The summed E-state index contributed by atoms with van der Waals surface area (Å²) in [6.07, 6.45) is 0. The Morgan fingerprint density at radius 3 is 2.15 bits per heavy atom. The molecule has 0 radical (unpaired) electrons. The van der Waals surface area contributed by atoms with Crippen LogP contribution in [0, 0.1) is 13.8 Å². The molecule has 5 heteroatoms. The van der Waals surface area contributed by atoms with Gasteiger partial charge in [-0.1, -0.05) is 59.7 Å². The molecule has 0 bridgehead atoms. The molecule has 1 aromatic heterocycles. The van der Waals surface area contributed by atoms with Crippen molar-refractivity contribution in [1.29, 1.82) is 0 Å². The fourth-order valence-electron chi connectivity index (χ4n) is 3.40. The molecular weight excluding hydrogens is 338 g/mol. The van der Waals surface area contributed by atoms with Crippen LogP contribution in [0.15, 0.2) is 64.2 Å². The Bertz CT molecular complexity index is 1040. The van der Waals surface area contributed by atoms with Crippen molar-refractivity contribution >= 4 is 5.82 Å². The highest BCUT2D eigenvalue weighted by Crippen LogP contribution is 2.16. The van der Waals surface area contributed by atoms with Gasteiger partial charge in [0, 0.05) is 26.7 Å². The standard InChI is InChI=1S/C22H25N3O2/c1-16-10-17(2)12-19(11-16)15-25-20(13-21(26)24(4)22(25)27)23(3)14-18-8-6-5-7-9-18/h5-13H,14-15H2,1-4H3. The molecule has 1 heterocycles. The van der Waals surface area contributed by atoms with Crippen LogP contribution in [0.2, 0.25) is 0 Å². The van der Waals surface area contributed by atoms with Crippen LogP contribution >= 0.6 is 0 Å². The van der Waals surface area contributed by atoms with Crippen molar-refractivity contribution in [3.05, 3.63) is 97.7 Å². The van der Waals surface area contributed by atoms with Gasteiger partial charge in [0.25, 0.3) is 5.56 Å². The van der Waals surface area contributed by atoms with E-state index in [0.29, 0.717) is 18.9 Å². The second kappa shape index (κ2) is 7.66. The Balaban J connectivity index is 2.05. The first-order valence-corrected chi connectivity index (χ1v) is 8.98. The fraction of sp³-hybridized carbons (Fsp3) is 0.273. The van der Waals surface area contributed by atoms with E-state index >= 15 is 0 Å². The zero-order valence-electron chi connectivity index (χ0n) is 16.3. The molecule has 0 aliphatic heterocycles. The molecule has 0 fully saturated rings. The lowest BCUT2D eigenvalue weighted by atomic mass is 10.1. The lowest BCUT2D eigenvalue weighted by molar-refractivity contribution is 0.633. The number of benzene rings is 2. The highest BCUT2D eigenvalue weighted by molar-refractivity contribution is 5.40. The second-order valence-corrected chi connectivity index (χ2v) is 7.11. The van der Waals surface area contributed by atoms with Crippen molar-refractivity contribution in [3.8, 4) is 0 Å². The van der Waals surface area contributed by atoms with E-state index in [4.69, 9.17) is 0 Å². The topological polar surface area (TPSA) is 47.2 Å². The average molecular weight is 363 g/mol. The van der Waals surface area contributed by atoms with E-state index in [9.17, 15) is 9.59 Å². The third-order valence-corrected chi connectivity index (χ3v) is 4.65. The number of anilines is 1. The van der Waals surface area contributed by atoms with Gasteiger partial charge in [0.15, 0.2) is 0 Å². The summed E-state index contributed by atoms with van der Waals surface area (Å²) in [5, 5.41) is 0. The number of rotatable bonds is 5. The van der Waals surface area contributed by atoms with Gasteiger partial charge in [0.2, 0.25) is 0 Å². The van der Waals surface area contributed by atoms with Crippen LogP contribution in [0.4, 0.5) is 5.82 Å². The summed E-state index contributed by atoms with van der Waals surface area (Å²) < 4.78 is 2.82. The van der Waals surface area contributed by atoms with Crippen molar-refractivity contribution < 1.29 is 0 Å². The lowest BCUT2D eigenvalue weighted by Crippen LogP contribution is -2.40. The van der Waals surface area contributed by atoms with Gasteiger partial charge in [-0.25, -0.2) is 4.79 Å². The van der Waals surface area contributed by atoms with E-state index in [1.165, 1.54) is 13.1 Å². The summed E-state index contributed by atoms with van der Waals surface area (Å²) in [5.74, 6) is 0.617. The molecule has 0 N–H and O–H groups in total. The average Bonchev–Trinajstić information content (AvgIpc) is 2.62. The van der Waals surface area contributed by atoms with Crippen molar-refractivity contribution in [2.75, 3.05) is 11.9 Å². The van der Waals surface area contributed by atoms with Crippen LogP contribution in [0.25, 0.3) is 0 Å². The van der Waals surface area contributed by atoms with Crippen molar-refractivity contribution in [1.82, 2.24) is 9.13 Å². The lowest BCUT2D eigenvalue weighted by Gasteiger charge is -2.24. The van der Waals surface area contributed by atoms with Gasteiger partial charge in [-0.2, -0.15) is 0 Å². The molecule has 2 aromatic carbocycles. The van der Waals surface area contributed by atoms with Crippen LogP contribution in [-0.4, -0.2) is 16.2 Å². The Labute approximate surface area is 159 Å². The summed E-state index contributed by atoms with van der Waals surface area (Å²) in [6, 6.07) is 17.8. The maximum absolute atomic E-state index is 12.8. The molecule has 0 saturated carbocycles. The number of aromatic nitrogens is 2. The summed E-state index contributed by atoms with van der Waals surface area (Å²) in [6.45, 7) is 5.12. The van der Waals surface area contributed by atoms with E-state index in [1.54, 1.807) is 4.57 Å². The van der Waals surface area contributed by atoms with Crippen LogP contribution in [0.1, 0.15) is 22.3 Å². The summed E-state index contributed by atoms with van der Waals surface area (Å²) in [4.78, 5) is 27.0. The molecule has 0 unspecified atom stereocenters. The molecule has 0 saturated heterocycles. The highest BCUT2D eigenvalue weighted by Gasteiger charge is 2.14. The summed E-state index contributed by atoms with van der Waals surface area (Å²) >= 11 is 0. The number of nitrogens with zero attached hydrogens (tertiary/aromatic N) is 3. The van der Waals surface area contributed by atoms with E-state index in [0.717, 1.165) is 26.8 Å². The molecule has 27 heavy (non-hydrogen) atoms. The third kappa shape index (κ3) is 4.19. The summed E-state index contributed by atoms with van der Waals surface area (Å²) in [5.41, 5.74) is 3.86. The number of hydrogen-bond acceptors (Lipinski definition) is 3. The van der Waals surface area contributed by atoms with Gasteiger partial charge in [-0.3, -0.25) is 13.9 Å². The van der Waals surface area contributed by atoms with Gasteiger partial charge in [-0.15, -0.1) is 0 Å². The first-order valence-electron chi connectivity index (χ1n) is 8.98. The highest BCUT2D eigenvalue weighted by atomic mass is 16.2. The molecule has 0 aliphatic rings. The van der Waals surface area contributed by atoms with Crippen LogP contribution in [0.5, 0.6) is 0 Å². The zero-order chi connectivity index (χ0) is 19.6. The Hall–Kier alpha value is -3.08. The van der Waals surface area contributed by atoms with Gasteiger partial charge < -0.3 is 4.90 Å². The minimum Gasteiger partial charge on any atom is -0.356 e. The molecule has 3 aromatic rings. The molecule has 0 aliphatic carbocycles. The van der Waals surface area contributed by atoms with Gasteiger partial charge in [0.1, 0.15) is 5.82 Å². The fourth-order valence-corrected chi connectivity index (χ4v) is 3.40. The van der Waals surface area contributed by atoms with E-state index in [1.807, 2.05) is 56.1 Å². The predicted molar refractivity (Wildman–Crippen MR) is 110 cm³/mol. The van der Waals surface area contributed by atoms with E-state index in [-0.39, 0.29) is 11.2 Å². The normalized spacial score (nSPS) is 10.8. The van der Waals surface area contributed by atoms with Gasteiger partial charge in [-0.05, 0) is 25.0 Å². The molecule has 0 amide bonds. The minimum atomic E-state index is -0.309. The largest absolute Gasteiger partial charge is 0.356 e. The van der Waals surface area contributed by atoms with Gasteiger partial charge in [0.05, 0.1) is 6.54 Å². The molecule has 0 spiro atoms. The summed E-state index contributed by atoms with van der Waals surface area (Å²) in [7, 11) is 3.42. The first-order chi connectivity index (χ1) is 12.8. The molecule has 0 atom stereocenters. The molecular formula is C22H25N3O2. The quantitative estimate of drug-likeness (QED) is 0.700. The monoisotopic (exact) mass is 363 g/mol. The molecule has 140 valence electrons. The molecule has 5 nitrogen and oxygen atoms in total. The van der Waals surface area contributed by atoms with Crippen LogP contribution in [0.3, 0.4) is 0 Å². The predicted octanol–water partition coefficient (Wildman–Crippen LogP) is 2.85. The maximum atomic E-state index is 12.8. The smallest absolute Gasteiger partial charge is 0.332 e. The number of hydrogen-bond donors (Lipinski definition) is 0. The first kappa shape index (κ1) is 18.7. The van der Waals surface area contributed by atoms with Crippen molar-refractivity contribution in [2.24, 2.45) is 7.05 Å². The van der Waals surface area contributed by atoms with Crippen LogP contribution in [-0.2, 0) is 20.1 Å². The van der Waals surface area contributed by atoms with E-state index in [2.05, 4.69) is 18.2 Å². The zero-order valence-corrected chi connectivity index (χ0v) is 16.3. The Morgan fingerprint density at radius 1 is 0.889 bits per heavy atom. The van der Waals surface area contributed by atoms with Crippen molar-refractivity contribution in [2.45, 2.75) is 26.9 Å². The van der Waals surface area contributed by atoms with E-state index < -0.39 is 0 Å². The number of aryl methyl sites for hydroxylation is 2. The third-order valence-electron chi connectivity index (χ3n) is 4.65. The minimum absolute atomic E-state index is 0.299. The van der Waals surface area contributed by atoms with Crippen molar-refractivity contribution in [3.63, 3.8) is 0 Å². The van der Waals surface area contributed by atoms with Crippen LogP contribution < -0.4 is 16.1 Å². The maximum Gasteiger partial charge on any atom is 0.332 e. The van der Waals surface area contributed by atoms with Gasteiger partial charge >= 0.3 is 5.69 Å². The Kier molecular flexibility index (Phi) is 5.31. The molecule has 3 rings (SSSR count). The Morgan fingerprint density at radius 2 is 1.52 bits per heavy atom. The SMILES string of the molecule is Cc1cc(C)cc(Cn2c(N(C)Cc3ccccc3)cc(=O)n(C)c2=O)c1. The second-order valence-electron chi connectivity index (χ2n) is 7.11.